The second-order valence-electron chi connectivity index (χ2n) is 3.39. The van der Waals surface area contributed by atoms with E-state index < -0.39 is 0 Å². The molecule has 0 aliphatic rings. The molecule has 1 unspecified atom stereocenters. The first kappa shape index (κ1) is 9.64. The number of nitrogens with one attached hydrogen (secondary N) is 1. The van der Waals surface area contributed by atoms with Crippen LogP contribution in [0.1, 0.15) is 6.92 Å². The molecule has 1 N–H and O–H groups in total. The molecule has 2 aromatic heterocycles. The summed E-state index contributed by atoms with van der Waals surface area (Å²) in [6.07, 6.45) is 5.00. The summed E-state index contributed by atoms with van der Waals surface area (Å²) in [5, 5.41) is 0. The van der Waals surface area contributed by atoms with Crippen molar-refractivity contribution in [3.05, 3.63) is 25.3 Å². The molecule has 15 heavy (non-hydrogen) atoms. The molecule has 2 aromatic rings. The Bertz CT molecular complexity index is 475. The van der Waals surface area contributed by atoms with Crippen LogP contribution in [0.2, 0.25) is 0 Å². The molecular formula is C10H13N5. The van der Waals surface area contributed by atoms with Gasteiger partial charge in [0.15, 0.2) is 11.5 Å². The van der Waals surface area contributed by atoms with E-state index in [1.807, 2.05) is 18.0 Å². The van der Waals surface area contributed by atoms with E-state index >= 15 is 0 Å². The van der Waals surface area contributed by atoms with Crippen molar-refractivity contribution in [2.45, 2.75) is 13.0 Å². The predicted molar refractivity (Wildman–Crippen MR) is 59.7 cm³/mol. The van der Waals surface area contributed by atoms with Crippen LogP contribution in [-0.4, -0.2) is 33.0 Å². The van der Waals surface area contributed by atoms with Crippen LogP contribution in [0.4, 0.5) is 5.82 Å². The van der Waals surface area contributed by atoms with Gasteiger partial charge in [-0.05, 0) is 6.92 Å². The van der Waals surface area contributed by atoms with Crippen molar-refractivity contribution in [3.63, 3.8) is 0 Å². The van der Waals surface area contributed by atoms with Gasteiger partial charge in [-0.2, -0.15) is 0 Å². The standard InChI is InChI=1S/C10H13N5/c1-4-7(2)15(3)10-8-9(12-5-11-8)13-6-14-10/h4-7H,1H2,2-3H3,(H,11,12,13,14). The average Bonchev–Trinajstić information content (AvgIpc) is 2.74. The van der Waals surface area contributed by atoms with Gasteiger partial charge in [-0.15, -0.1) is 6.58 Å². The fraction of sp³-hybridized carbons (Fsp3) is 0.300. The van der Waals surface area contributed by atoms with E-state index in [1.54, 1.807) is 6.33 Å². The summed E-state index contributed by atoms with van der Waals surface area (Å²) in [6.45, 7) is 5.82. The molecule has 2 heterocycles. The molecule has 0 saturated carbocycles. The lowest BCUT2D eigenvalue weighted by atomic mass is 10.3. The lowest BCUT2D eigenvalue weighted by Crippen LogP contribution is -2.27. The highest BCUT2D eigenvalue weighted by atomic mass is 15.2. The Kier molecular flexibility index (Phi) is 2.37. The van der Waals surface area contributed by atoms with Crippen LogP contribution < -0.4 is 4.90 Å². The van der Waals surface area contributed by atoms with E-state index in [9.17, 15) is 0 Å². The van der Waals surface area contributed by atoms with Crippen LogP contribution >= 0.6 is 0 Å². The second kappa shape index (κ2) is 3.68. The van der Waals surface area contributed by atoms with Gasteiger partial charge in [-0.25, -0.2) is 15.0 Å². The number of H-pyrrole nitrogens is 1. The van der Waals surface area contributed by atoms with Crippen molar-refractivity contribution in [1.29, 1.82) is 0 Å². The van der Waals surface area contributed by atoms with Crippen LogP contribution in [-0.2, 0) is 0 Å². The number of fused-ring (bicyclic) bond motifs is 1. The molecule has 0 fully saturated rings. The number of imidazole rings is 1. The monoisotopic (exact) mass is 203 g/mol. The fourth-order valence-corrected chi connectivity index (χ4v) is 1.37. The molecule has 0 bridgehead atoms. The van der Waals surface area contributed by atoms with Crippen molar-refractivity contribution in [2.24, 2.45) is 0 Å². The molecule has 5 nitrogen and oxygen atoms in total. The predicted octanol–water partition coefficient (Wildman–Crippen LogP) is 1.36. The maximum Gasteiger partial charge on any atom is 0.182 e. The molecule has 0 saturated heterocycles. The van der Waals surface area contributed by atoms with Gasteiger partial charge >= 0.3 is 0 Å². The third-order valence-electron chi connectivity index (χ3n) is 2.49. The van der Waals surface area contributed by atoms with Crippen molar-refractivity contribution >= 4 is 17.0 Å². The zero-order valence-electron chi connectivity index (χ0n) is 8.81. The quantitative estimate of drug-likeness (QED) is 0.765. The number of hydrogen-bond donors (Lipinski definition) is 1. The van der Waals surface area contributed by atoms with E-state index in [0.717, 1.165) is 11.3 Å². The summed E-state index contributed by atoms with van der Waals surface area (Å²) in [6, 6.07) is 0.214. The topological polar surface area (TPSA) is 57.7 Å². The first-order chi connectivity index (χ1) is 7.24. The third-order valence-corrected chi connectivity index (χ3v) is 2.49. The molecule has 1 atom stereocenters. The number of likely N-dealkylation sites (N-methyl/N-ethyl adjacent to an activating group) is 1. The lowest BCUT2D eigenvalue weighted by Gasteiger charge is -2.22. The molecule has 5 heteroatoms. The molecule has 0 aromatic carbocycles. The summed E-state index contributed by atoms with van der Waals surface area (Å²) >= 11 is 0. The number of anilines is 1. The normalized spacial score (nSPS) is 12.7. The molecule has 0 aliphatic carbocycles. The first-order valence-electron chi connectivity index (χ1n) is 4.73. The summed E-state index contributed by atoms with van der Waals surface area (Å²) < 4.78 is 0. The van der Waals surface area contributed by atoms with Gasteiger partial charge in [0.2, 0.25) is 0 Å². The molecule has 2 rings (SSSR count). The Morgan fingerprint density at radius 1 is 1.47 bits per heavy atom. The molecule has 0 radical (unpaired) electrons. The number of aromatic nitrogens is 4. The lowest BCUT2D eigenvalue weighted by molar-refractivity contribution is 0.810. The smallest absolute Gasteiger partial charge is 0.182 e. The molecule has 0 spiro atoms. The Labute approximate surface area is 87.9 Å². The van der Waals surface area contributed by atoms with E-state index in [-0.39, 0.29) is 6.04 Å². The van der Waals surface area contributed by atoms with Crippen LogP contribution in [0.3, 0.4) is 0 Å². The largest absolute Gasteiger partial charge is 0.352 e. The van der Waals surface area contributed by atoms with Gasteiger partial charge in [0, 0.05) is 13.1 Å². The zero-order chi connectivity index (χ0) is 10.8. The van der Waals surface area contributed by atoms with E-state index in [1.165, 1.54) is 6.33 Å². The van der Waals surface area contributed by atoms with Crippen LogP contribution in [0, 0.1) is 0 Å². The Morgan fingerprint density at radius 2 is 2.27 bits per heavy atom. The van der Waals surface area contributed by atoms with Crippen LogP contribution in [0.25, 0.3) is 11.2 Å². The van der Waals surface area contributed by atoms with Gasteiger partial charge < -0.3 is 9.88 Å². The van der Waals surface area contributed by atoms with E-state index in [2.05, 4.69) is 33.4 Å². The Hall–Kier alpha value is -1.91. The van der Waals surface area contributed by atoms with Gasteiger partial charge in [0.1, 0.15) is 11.8 Å². The SMILES string of the molecule is C=CC(C)N(C)c1ncnc2nc[nH]c12. The number of aromatic amines is 1. The third kappa shape index (κ3) is 1.56. The highest BCUT2D eigenvalue weighted by molar-refractivity contribution is 5.82. The van der Waals surface area contributed by atoms with E-state index in [0.29, 0.717) is 5.65 Å². The van der Waals surface area contributed by atoms with Crippen molar-refractivity contribution < 1.29 is 0 Å². The minimum Gasteiger partial charge on any atom is -0.352 e. The highest BCUT2D eigenvalue weighted by Crippen LogP contribution is 2.19. The first-order valence-corrected chi connectivity index (χ1v) is 4.73. The van der Waals surface area contributed by atoms with Gasteiger partial charge in [-0.3, -0.25) is 0 Å². The van der Waals surface area contributed by atoms with Crippen LogP contribution in [0.15, 0.2) is 25.3 Å². The molecule has 78 valence electrons. The van der Waals surface area contributed by atoms with Crippen LogP contribution in [0.5, 0.6) is 0 Å². The summed E-state index contributed by atoms with van der Waals surface area (Å²) in [4.78, 5) is 17.5. The van der Waals surface area contributed by atoms with E-state index in [4.69, 9.17) is 0 Å². The minimum absolute atomic E-state index is 0.214. The maximum absolute atomic E-state index is 4.24. The highest BCUT2D eigenvalue weighted by Gasteiger charge is 2.13. The Morgan fingerprint density at radius 3 is 3.00 bits per heavy atom. The van der Waals surface area contributed by atoms with Gasteiger partial charge in [0.25, 0.3) is 0 Å². The van der Waals surface area contributed by atoms with Crippen molar-refractivity contribution in [3.8, 4) is 0 Å². The summed E-state index contributed by atoms with van der Waals surface area (Å²) in [7, 11) is 1.97. The minimum atomic E-state index is 0.214. The van der Waals surface area contributed by atoms with Gasteiger partial charge in [-0.1, -0.05) is 6.08 Å². The maximum atomic E-state index is 4.24. The molecule has 0 aliphatic heterocycles. The fourth-order valence-electron chi connectivity index (χ4n) is 1.37. The average molecular weight is 203 g/mol. The summed E-state index contributed by atoms with van der Waals surface area (Å²) in [5.41, 5.74) is 1.54. The number of hydrogen-bond acceptors (Lipinski definition) is 4. The van der Waals surface area contributed by atoms with Crippen molar-refractivity contribution in [2.75, 3.05) is 11.9 Å². The molecule has 0 amide bonds. The Balaban J connectivity index is 2.50. The zero-order valence-corrected chi connectivity index (χ0v) is 8.81. The van der Waals surface area contributed by atoms with Gasteiger partial charge in [0.05, 0.1) is 6.33 Å². The number of nitrogens with zero attached hydrogens (tertiary/aromatic N) is 4. The summed E-state index contributed by atoms with van der Waals surface area (Å²) in [5.74, 6) is 0.838. The van der Waals surface area contributed by atoms with Crippen molar-refractivity contribution in [1.82, 2.24) is 19.9 Å². The second-order valence-corrected chi connectivity index (χ2v) is 3.39. The number of rotatable bonds is 3. The molecular weight excluding hydrogens is 190 g/mol.